The Bertz CT molecular complexity index is 1560. The predicted octanol–water partition coefficient (Wildman–Crippen LogP) is 5.21. The number of nitrogens with one attached hydrogen (secondary N) is 2. The first-order valence-corrected chi connectivity index (χ1v) is 12.2. The zero-order chi connectivity index (χ0) is 24.6. The Labute approximate surface area is 210 Å². The van der Waals surface area contributed by atoms with Gasteiger partial charge in [0.15, 0.2) is 11.0 Å². The fourth-order valence-corrected chi connectivity index (χ4v) is 4.87. The third kappa shape index (κ3) is 4.02. The number of nitrogens with zero attached hydrogens (tertiary/aromatic N) is 4. The number of aromatic nitrogens is 4. The number of hydrogen-bond acceptors (Lipinski definition) is 5. The molecule has 2 N–H and O–H groups in total. The molecule has 0 radical (unpaired) electrons. The van der Waals surface area contributed by atoms with E-state index in [0.29, 0.717) is 13.2 Å². The molecule has 0 spiro atoms. The van der Waals surface area contributed by atoms with Crippen molar-refractivity contribution in [2.24, 2.45) is 7.05 Å². The Hall–Kier alpha value is -4.39. The van der Waals surface area contributed by atoms with Crippen molar-refractivity contribution in [1.29, 1.82) is 0 Å². The fraction of sp³-hybridized carbons (Fsp3) is 0.207. The van der Waals surface area contributed by atoms with E-state index in [1.54, 1.807) is 6.33 Å². The lowest BCUT2D eigenvalue weighted by molar-refractivity contribution is -0.651. The molecular weight excluding hydrogens is 448 g/mol. The van der Waals surface area contributed by atoms with Gasteiger partial charge >= 0.3 is 0 Å². The van der Waals surface area contributed by atoms with Gasteiger partial charge in [0.05, 0.1) is 13.6 Å². The maximum absolute atomic E-state index is 6.14. The molecule has 7 nitrogen and oxygen atoms in total. The van der Waals surface area contributed by atoms with Crippen molar-refractivity contribution in [3.63, 3.8) is 0 Å². The van der Waals surface area contributed by atoms with Crippen molar-refractivity contribution >= 4 is 28.4 Å². The van der Waals surface area contributed by atoms with E-state index >= 15 is 0 Å². The normalized spacial score (nSPS) is 13.2. The highest BCUT2D eigenvalue weighted by Crippen LogP contribution is 2.33. The van der Waals surface area contributed by atoms with E-state index in [0.717, 1.165) is 52.1 Å². The van der Waals surface area contributed by atoms with E-state index in [1.807, 2.05) is 30.3 Å². The summed E-state index contributed by atoms with van der Waals surface area (Å²) >= 11 is 0. The highest BCUT2D eigenvalue weighted by atomic mass is 16.5. The quantitative estimate of drug-likeness (QED) is 0.348. The number of ether oxygens (including phenoxy) is 1. The monoisotopic (exact) mass is 477 g/mol. The third-order valence-corrected chi connectivity index (χ3v) is 6.94. The molecule has 3 aromatic carbocycles. The number of imidazole rings is 1. The van der Waals surface area contributed by atoms with Gasteiger partial charge in [0.25, 0.3) is 5.82 Å². The van der Waals surface area contributed by atoms with Crippen molar-refractivity contribution in [2.45, 2.75) is 20.4 Å². The van der Waals surface area contributed by atoms with Gasteiger partial charge in [-0.15, -0.1) is 0 Å². The smallest absolute Gasteiger partial charge is 0.251 e. The highest BCUT2D eigenvalue weighted by Gasteiger charge is 2.21. The number of aromatic amines is 1. The van der Waals surface area contributed by atoms with Crippen molar-refractivity contribution in [2.75, 3.05) is 23.4 Å². The molecule has 0 amide bonds. The summed E-state index contributed by atoms with van der Waals surface area (Å²) < 4.78 is 8.31. The predicted molar refractivity (Wildman–Crippen MR) is 143 cm³/mol. The second-order valence-corrected chi connectivity index (χ2v) is 9.26. The summed E-state index contributed by atoms with van der Waals surface area (Å²) in [5.41, 5.74) is 7.84. The molecule has 6 rings (SSSR count). The summed E-state index contributed by atoms with van der Waals surface area (Å²) in [5, 5.41) is 3.42. The number of hydrogen-bond donors (Lipinski definition) is 2. The van der Waals surface area contributed by atoms with Crippen molar-refractivity contribution < 1.29 is 9.30 Å². The zero-order valence-corrected chi connectivity index (χ0v) is 20.7. The van der Waals surface area contributed by atoms with Crippen LogP contribution in [0.5, 0.6) is 5.75 Å². The number of para-hydroxylation sites is 1. The van der Waals surface area contributed by atoms with Gasteiger partial charge < -0.3 is 15.0 Å². The first kappa shape index (κ1) is 22.1. The Morgan fingerprint density at radius 2 is 1.78 bits per heavy atom. The van der Waals surface area contributed by atoms with Crippen LogP contribution < -0.4 is 19.5 Å². The second kappa shape index (κ2) is 9.00. The Morgan fingerprint density at radius 3 is 2.64 bits per heavy atom. The lowest BCUT2D eigenvalue weighted by Crippen LogP contribution is -2.29. The molecule has 0 aliphatic carbocycles. The van der Waals surface area contributed by atoms with E-state index in [4.69, 9.17) is 4.74 Å². The summed E-state index contributed by atoms with van der Waals surface area (Å²) in [5.74, 6) is 3.79. The van der Waals surface area contributed by atoms with E-state index in [2.05, 4.69) is 87.0 Å². The molecule has 7 heteroatoms. The zero-order valence-electron chi connectivity index (χ0n) is 20.7. The van der Waals surface area contributed by atoms with Crippen LogP contribution in [0.25, 0.3) is 22.2 Å². The van der Waals surface area contributed by atoms with Gasteiger partial charge in [-0.2, -0.15) is 0 Å². The van der Waals surface area contributed by atoms with Crippen LogP contribution in [0, 0.1) is 13.8 Å². The van der Waals surface area contributed by atoms with Crippen LogP contribution in [-0.4, -0.2) is 28.1 Å². The molecule has 36 heavy (non-hydrogen) atoms. The molecule has 5 aromatic rings. The van der Waals surface area contributed by atoms with Crippen LogP contribution in [0.3, 0.4) is 0 Å². The van der Waals surface area contributed by atoms with Crippen molar-refractivity contribution in [3.8, 4) is 16.9 Å². The minimum Gasteiger partial charge on any atom is -0.491 e. The summed E-state index contributed by atoms with van der Waals surface area (Å²) in [7, 11) is 2.08. The number of H-pyrrole nitrogens is 1. The maximum Gasteiger partial charge on any atom is 0.251 e. The Kier molecular flexibility index (Phi) is 5.52. The Balaban J connectivity index is 1.32. The van der Waals surface area contributed by atoms with Gasteiger partial charge in [0.2, 0.25) is 0 Å². The van der Waals surface area contributed by atoms with Crippen LogP contribution >= 0.6 is 0 Å². The van der Waals surface area contributed by atoms with Crippen LogP contribution in [0.1, 0.15) is 17.0 Å². The third-order valence-electron chi connectivity index (χ3n) is 6.94. The lowest BCUT2D eigenvalue weighted by Gasteiger charge is -2.24. The molecule has 1 aliphatic heterocycles. The van der Waals surface area contributed by atoms with Gasteiger partial charge in [0.1, 0.15) is 30.3 Å². The molecule has 1 aliphatic rings. The number of anilines is 3. The standard InChI is InChI=1S/C29H28N6O/c1-19-28(33-24-7-5-4-6-8-24)30-18-31-29(19)35-13-14-36-27-12-10-21(15-23(27)17-35)22-9-11-26-25(16-22)32-20(2)34(26)3/h4-12,15-16,18H,13-14,17H2,1-3H3,(H,30,31,33)/p+1. The minimum atomic E-state index is 0.599. The summed E-state index contributed by atoms with van der Waals surface area (Å²) in [6, 6.07) is 23.1. The van der Waals surface area contributed by atoms with Crippen LogP contribution in [0.2, 0.25) is 0 Å². The summed E-state index contributed by atoms with van der Waals surface area (Å²) in [4.78, 5) is 14.9. The van der Waals surface area contributed by atoms with Crippen LogP contribution in [0.4, 0.5) is 17.3 Å². The molecule has 0 saturated heterocycles. The molecular formula is C29H29N6O+. The average molecular weight is 478 g/mol. The molecule has 0 bridgehead atoms. The fourth-order valence-electron chi connectivity index (χ4n) is 4.87. The minimum absolute atomic E-state index is 0.599. The number of benzene rings is 3. The number of aryl methyl sites for hydroxylation is 2. The van der Waals surface area contributed by atoms with E-state index in [1.165, 1.54) is 16.6 Å². The molecule has 0 unspecified atom stereocenters. The van der Waals surface area contributed by atoms with Gasteiger partial charge in [-0.05, 0) is 60.5 Å². The summed E-state index contributed by atoms with van der Waals surface area (Å²) in [6.45, 7) is 6.21. The van der Waals surface area contributed by atoms with Crippen LogP contribution in [-0.2, 0) is 13.6 Å². The number of rotatable bonds is 4. The highest BCUT2D eigenvalue weighted by molar-refractivity contribution is 5.80. The molecule has 0 saturated carbocycles. The molecule has 0 fully saturated rings. The van der Waals surface area contributed by atoms with Crippen LogP contribution in [0.15, 0.2) is 73.1 Å². The SMILES string of the molecule is Cc1c(Nc2ccccc2)ncnc1N1CCOc2ccc(-c3ccc4c(c3)[nH]c(C)[n+]4C)cc2C1. The van der Waals surface area contributed by atoms with E-state index < -0.39 is 0 Å². The van der Waals surface area contributed by atoms with Gasteiger partial charge in [0, 0.05) is 30.3 Å². The molecule has 3 heterocycles. The van der Waals surface area contributed by atoms with Gasteiger partial charge in [-0.1, -0.05) is 24.3 Å². The Morgan fingerprint density at radius 1 is 0.972 bits per heavy atom. The van der Waals surface area contributed by atoms with Gasteiger partial charge in [-0.3, -0.25) is 0 Å². The average Bonchev–Trinajstić information content (AvgIpc) is 3.04. The van der Waals surface area contributed by atoms with E-state index in [9.17, 15) is 0 Å². The first-order chi connectivity index (χ1) is 17.6. The van der Waals surface area contributed by atoms with Crippen molar-refractivity contribution in [1.82, 2.24) is 15.0 Å². The molecule has 2 aromatic heterocycles. The topological polar surface area (TPSA) is 69.9 Å². The number of fused-ring (bicyclic) bond motifs is 2. The first-order valence-electron chi connectivity index (χ1n) is 12.2. The second-order valence-electron chi connectivity index (χ2n) is 9.26. The molecule has 0 atom stereocenters. The lowest BCUT2D eigenvalue weighted by atomic mass is 10.0. The summed E-state index contributed by atoms with van der Waals surface area (Å²) in [6.07, 6.45) is 1.63. The maximum atomic E-state index is 6.14. The van der Waals surface area contributed by atoms with Crippen molar-refractivity contribution in [3.05, 3.63) is 90.0 Å². The van der Waals surface area contributed by atoms with Gasteiger partial charge in [-0.25, -0.2) is 19.5 Å². The largest absolute Gasteiger partial charge is 0.491 e. The molecule has 180 valence electrons. The van der Waals surface area contributed by atoms with E-state index in [-0.39, 0.29) is 0 Å².